The van der Waals surface area contributed by atoms with Crippen LogP contribution in [0.1, 0.15) is 12.5 Å². The Morgan fingerprint density at radius 2 is 1.86 bits per heavy atom. The predicted molar refractivity (Wildman–Crippen MR) is 107 cm³/mol. The molecule has 0 bridgehead atoms. The second-order valence-electron chi connectivity index (χ2n) is 5.72. The van der Waals surface area contributed by atoms with Crippen molar-refractivity contribution in [1.82, 2.24) is 0 Å². The molecule has 3 rings (SSSR count). The maximum Gasteiger partial charge on any atom is 0.298 e. The first-order valence-electron chi connectivity index (χ1n) is 8.44. The molecule has 0 atom stereocenters. The van der Waals surface area contributed by atoms with Crippen molar-refractivity contribution < 1.29 is 28.9 Å². The van der Waals surface area contributed by atoms with Gasteiger partial charge in [0.2, 0.25) is 0 Å². The molecule has 1 aliphatic rings. The first-order valence-corrected chi connectivity index (χ1v) is 9.26. The van der Waals surface area contributed by atoms with Crippen LogP contribution in [0, 0.1) is 0 Å². The lowest BCUT2D eigenvalue weighted by Gasteiger charge is -2.17. The maximum absolute atomic E-state index is 12.9. The number of thioether (sulfide) groups is 1. The van der Waals surface area contributed by atoms with Crippen LogP contribution in [-0.2, 0) is 4.79 Å². The predicted octanol–water partition coefficient (Wildman–Crippen LogP) is 4.05. The number of rotatable bonds is 6. The normalized spacial score (nSPS) is 15.2. The molecule has 2 amide bonds. The highest BCUT2D eigenvalue weighted by molar-refractivity contribution is 8.19. The highest BCUT2D eigenvalue weighted by atomic mass is 32.2. The molecule has 8 heteroatoms. The van der Waals surface area contributed by atoms with Crippen LogP contribution in [-0.4, -0.2) is 37.1 Å². The fraction of sp³-hybridized carbons (Fsp3) is 0.200. The van der Waals surface area contributed by atoms with Crippen molar-refractivity contribution in [3.05, 3.63) is 46.9 Å². The summed E-state index contributed by atoms with van der Waals surface area (Å²) in [5.41, 5.74) is 0.975. The number of imide groups is 1. The molecule has 1 saturated heterocycles. The molecule has 7 nitrogen and oxygen atoms in total. The molecular formula is C20H19NO6S. The summed E-state index contributed by atoms with van der Waals surface area (Å²) in [5, 5.41) is 9.38. The number of carbonyl (C=O) groups excluding carboxylic acids is 2. The fourth-order valence-corrected chi connectivity index (χ4v) is 3.52. The topological polar surface area (TPSA) is 85.3 Å². The summed E-state index contributed by atoms with van der Waals surface area (Å²) in [6, 6.07) is 9.59. The smallest absolute Gasteiger partial charge is 0.298 e. The molecule has 0 spiro atoms. The molecule has 0 aliphatic carbocycles. The molecule has 1 aliphatic heterocycles. The van der Waals surface area contributed by atoms with Crippen LogP contribution in [0.3, 0.4) is 0 Å². The lowest BCUT2D eigenvalue weighted by molar-refractivity contribution is -0.113. The highest BCUT2D eigenvalue weighted by Gasteiger charge is 2.38. The number of aromatic hydroxyl groups is 1. The van der Waals surface area contributed by atoms with Gasteiger partial charge in [0, 0.05) is 6.07 Å². The quantitative estimate of drug-likeness (QED) is 0.731. The lowest BCUT2D eigenvalue weighted by atomic mass is 10.1. The van der Waals surface area contributed by atoms with Crippen LogP contribution in [0.5, 0.6) is 23.0 Å². The van der Waals surface area contributed by atoms with Crippen molar-refractivity contribution in [3.63, 3.8) is 0 Å². The number of amides is 2. The minimum absolute atomic E-state index is 0.00933. The Balaban J connectivity index is 1.94. The Bertz CT molecular complexity index is 956. The summed E-state index contributed by atoms with van der Waals surface area (Å²) in [5.74, 6) is 0.772. The second kappa shape index (κ2) is 8.26. The molecule has 0 aromatic heterocycles. The van der Waals surface area contributed by atoms with Crippen molar-refractivity contribution in [2.24, 2.45) is 0 Å². The van der Waals surface area contributed by atoms with E-state index in [2.05, 4.69) is 0 Å². The first kappa shape index (κ1) is 19.6. The second-order valence-corrected chi connectivity index (χ2v) is 6.71. The summed E-state index contributed by atoms with van der Waals surface area (Å²) in [6.07, 6.45) is 1.59. The number of hydrogen-bond acceptors (Lipinski definition) is 7. The van der Waals surface area contributed by atoms with E-state index in [9.17, 15) is 14.7 Å². The zero-order valence-electron chi connectivity index (χ0n) is 15.6. The summed E-state index contributed by atoms with van der Waals surface area (Å²) < 4.78 is 15.8. The van der Waals surface area contributed by atoms with Crippen molar-refractivity contribution in [1.29, 1.82) is 0 Å². The number of nitrogens with zero attached hydrogens (tertiary/aromatic N) is 1. The fourth-order valence-electron chi connectivity index (χ4n) is 2.69. The van der Waals surface area contributed by atoms with E-state index in [0.717, 1.165) is 16.7 Å². The SMILES string of the molecule is CCOc1cc(/C=C2\SC(=O)N(c3ccc(OC)cc3OC)C2=O)ccc1O. The van der Waals surface area contributed by atoms with Crippen molar-refractivity contribution in [2.75, 3.05) is 25.7 Å². The van der Waals surface area contributed by atoms with Crippen molar-refractivity contribution in [3.8, 4) is 23.0 Å². The Labute approximate surface area is 166 Å². The summed E-state index contributed by atoms with van der Waals surface area (Å²) in [7, 11) is 2.98. The molecule has 2 aromatic carbocycles. The highest BCUT2D eigenvalue weighted by Crippen LogP contribution is 2.41. The van der Waals surface area contributed by atoms with Gasteiger partial charge in [-0.15, -0.1) is 0 Å². The largest absolute Gasteiger partial charge is 0.504 e. The number of methoxy groups -OCH3 is 2. The third-order valence-electron chi connectivity index (χ3n) is 4.00. The first-order chi connectivity index (χ1) is 13.5. The molecule has 0 radical (unpaired) electrons. The van der Waals surface area contributed by atoms with E-state index in [1.807, 2.05) is 0 Å². The van der Waals surface area contributed by atoms with Gasteiger partial charge < -0.3 is 19.3 Å². The number of carbonyl (C=O) groups is 2. The molecule has 1 N–H and O–H groups in total. The zero-order chi connectivity index (χ0) is 20.3. The number of phenols is 1. The van der Waals surface area contributed by atoms with E-state index in [0.29, 0.717) is 35.1 Å². The molecule has 0 unspecified atom stereocenters. The number of ether oxygens (including phenoxy) is 3. The minimum atomic E-state index is -0.454. The van der Waals surface area contributed by atoms with Gasteiger partial charge in [-0.2, -0.15) is 0 Å². The molecule has 0 saturated carbocycles. The molecule has 1 fully saturated rings. The van der Waals surface area contributed by atoms with Gasteiger partial charge in [-0.1, -0.05) is 6.07 Å². The summed E-state index contributed by atoms with van der Waals surface area (Å²) in [4.78, 5) is 26.7. The molecule has 146 valence electrons. The van der Waals surface area contributed by atoms with E-state index in [1.165, 1.54) is 20.3 Å². The van der Waals surface area contributed by atoms with E-state index in [4.69, 9.17) is 14.2 Å². The average molecular weight is 401 g/mol. The van der Waals surface area contributed by atoms with Crippen molar-refractivity contribution >= 4 is 34.7 Å². The molecule has 1 heterocycles. The van der Waals surface area contributed by atoms with Crippen LogP contribution >= 0.6 is 11.8 Å². The Hall–Kier alpha value is -3.13. The van der Waals surface area contributed by atoms with Crippen LogP contribution in [0.25, 0.3) is 6.08 Å². The van der Waals surface area contributed by atoms with Crippen molar-refractivity contribution in [2.45, 2.75) is 6.92 Å². The third-order valence-corrected chi connectivity index (χ3v) is 4.87. The third kappa shape index (κ3) is 3.77. The number of anilines is 1. The van der Waals surface area contributed by atoms with E-state index in [1.54, 1.807) is 43.3 Å². The Morgan fingerprint density at radius 3 is 2.54 bits per heavy atom. The van der Waals surface area contributed by atoms with E-state index < -0.39 is 11.1 Å². The van der Waals surface area contributed by atoms with Gasteiger partial charge in [0.25, 0.3) is 11.1 Å². The van der Waals surface area contributed by atoms with Gasteiger partial charge in [-0.3, -0.25) is 9.59 Å². The van der Waals surface area contributed by atoms with Gasteiger partial charge in [-0.05, 0) is 54.6 Å². The Kier molecular flexibility index (Phi) is 5.79. The monoisotopic (exact) mass is 401 g/mol. The molecule has 28 heavy (non-hydrogen) atoms. The number of phenolic OH excluding ortho intramolecular Hbond substituents is 1. The number of hydrogen-bond donors (Lipinski definition) is 1. The van der Waals surface area contributed by atoms with Crippen LogP contribution in [0.15, 0.2) is 41.3 Å². The van der Waals surface area contributed by atoms with Gasteiger partial charge in [0.05, 0.1) is 31.4 Å². The van der Waals surface area contributed by atoms with E-state index in [-0.39, 0.29) is 10.7 Å². The van der Waals surface area contributed by atoms with Gasteiger partial charge in [0.15, 0.2) is 11.5 Å². The number of benzene rings is 2. The lowest BCUT2D eigenvalue weighted by Crippen LogP contribution is -2.28. The van der Waals surface area contributed by atoms with Gasteiger partial charge in [0.1, 0.15) is 11.5 Å². The average Bonchev–Trinajstić information content (AvgIpc) is 2.97. The van der Waals surface area contributed by atoms with Crippen LogP contribution in [0.2, 0.25) is 0 Å². The van der Waals surface area contributed by atoms with E-state index >= 15 is 0 Å². The summed E-state index contributed by atoms with van der Waals surface area (Å²) in [6.45, 7) is 2.20. The molecular weight excluding hydrogens is 382 g/mol. The van der Waals surface area contributed by atoms with Crippen LogP contribution < -0.4 is 19.1 Å². The minimum Gasteiger partial charge on any atom is -0.504 e. The van der Waals surface area contributed by atoms with Gasteiger partial charge in [-0.25, -0.2) is 4.90 Å². The summed E-state index contributed by atoms with van der Waals surface area (Å²) >= 11 is 0.832. The maximum atomic E-state index is 12.9. The Morgan fingerprint density at radius 1 is 1.07 bits per heavy atom. The zero-order valence-corrected chi connectivity index (χ0v) is 16.4. The molecule has 2 aromatic rings. The standard InChI is InChI=1S/C20H19NO6S/c1-4-27-17-9-12(5-8-15(17)22)10-18-19(23)21(20(24)28-18)14-7-6-13(25-2)11-16(14)26-3/h5-11,22H,4H2,1-3H3/b18-10-. The van der Waals surface area contributed by atoms with Crippen LogP contribution in [0.4, 0.5) is 10.5 Å². The van der Waals surface area contributed by atoms with Gasteiger partial charge >= 0.3 is 0 Å².